The third-order valence-corrected chi connectivity index (χ3v) is 1.69. The summed E-state index contributed by atoms with van der Waals surface area (Å²) in [6.07, 6.45) is 0. The van der Waals surface area contributed by atoms with Gasteiger partial charge in [-0.2, -0.15) is 0 Å². The van der Waals surface area contributed by atoms with Crippen LogP contribution in [0.1, 0.15) is 5.69 Å². The minimum absolute atomic E-state index is 1.21. The van der Waals surface area contributed by atoms with Crippen LogP contribution >= 0.6 is 0 Å². The molecule has 0 aromatic rings. The Morgan fingerprint density at radius 2 is 2.00 bits per heavy atom. The summed E-state index contributed by atoms with van der Waals surface area (Å²) >= 11 is 0. The largest absolute Gasteiger partial charge is 0.359 e. The van der Waals surface area contributed by atoms with E-state index in [4.69, 9.17) is 0 Å². The van der Waals surface area contributed by atoms with E-state index in [-0.39, 0.29) is 0 Å². The molecule has 0 radical (unpaired) electrons. The van der Waals surface area contributed by atoms with Crippen LogP contribution in [0.3, 0.4) is 0 Å². The highest BCUT2D eigenvalue weighted by atomic mass is 14.7. The first-order valence-electron chi connectivity index (χ1n) is 3.40. The molecule has 0 bridgehead atoms. The van der Waals surface area contributed by atoms with Crippen LogP contribution in [0.15, 0.2) is 30.3 Å². The predicted octanol–water partition coefficient (Wildman–Crippen LogP) is 2.43. The molecule has 1 heteroatoms. The molecule has 0 saturated carbocycles. The van der Waals surface area contributed by atoms with Crippen LogP contribution in [0.25, 0.3) is 11.3 Å². The summed E-state index contributed by atoms with van der Waals surface area (Å²) in [5.74, 6) is 0. The first-order valence-corrected chi connectivity index (χ1v) is 3.40. The van der Waals surface area contributed by atoms with Gasteiger partial charge in [0, 0.05) is 11.4 Å². The molecule has 0 aromatic heterocycles. The molecule has 1 N–H and O–H groups in total. The quantitative estimate of drug-likeness (QED) is 0.565. The number of aromatic amines is 1. The SMILES string of the molecule is Cc1ccc2cccc-2[nH]1. The molecular weight excluding hydrogens is 122 g/mol. The summed E-state index contributed by atoms with van der Waals surface area (Å²) < 4.78 is 0. The van der Waals surface area contributed by atoms with Crippen molar-refractivity contribution in [1.29, 1.82) is 0 Å². The number of pyridine rings is 1. The molecule has 10 heavy (non-hydrogen) atoms. The number of fused-ring (bicyclic) bond motifs is 1. The number of aryl methyl sites for hydroxylation is 1. The Hall–Kier alpha value is -1.24. The second-order valence-electron chi connectivity index (χ2n) is 2.54. The first kappa shape index (κ1) is 5.54. The van der Waals surface area contributed by atoms with E-state index in [1.807, 2.05) is 0 Å². The zero-order chi connectivity index (χ0) is 6.97. The van der Waals surface area contributed by atoms with Crippen molar-refractivity contribution in [2.75, 3.05) is 0 Å². The van der Waals surface area contributed by atoms with E-state index in [1.54, 1.807) is 0 Å². The van der Waals surface area contributed by atoms with Crippen molar-refractivity contribution >= 4 is 0 Å². The van der Waals surface area contributed by atoms with Gasteiger partial charge in [-0.3, -0.25) is 0 Å². The van der Waals surface area contributed by atoms with Gasteiger partial charge < -0.3 is 4.98 Å². The van der Waals surface area contributed by atoms with Crippen LogP contribution in [0.5, 0.6) is 0 Å². The summed E-state index contributed by atoms with van der Waals surface area (Å²) in [5.41, 5.74) is 3.71. The molecule has 1 heterocycles. The zero-order valence-corrected chi connectivity index (χ0v) is 5.89. The first-order chi connectivity index (χ1) is 4.86. The molecule has 0 aromatic carbocycles. The summed E-state index contributed by atoms with van der Waals surface area (Å²) in [6.45, 7) is 2.06. The van der Waals surface area contributed by atoms with Gasteiger partial charge in [0.2, 0.25) is 0 Å². The highest BCUT2D eigenvalue weighted by Crippen LogP contribution is 2.19. The van der Waals surface area contributed by atoms with Gasteiger partial charge in [-0.1, -0.05) is 18.2 Å². The zero-order valence-electron chi connectivity index (χ0n) is 5.89. The third kappa shape index (κ3) is 0.711. The standard InChI is InChI=1S/C9H9N/c1-7-5-6-8-3-2-4-9(8)10-7/h2-6,10H,1H3. The number of H-pyrrole nitrogens is 1. The predicted molar refractivity (Wildman–Crippen MR) is 42.2 cm³/mol. The molecule has 0 atom stereocenters. The molecule has 0 amide bonds. The monoisotopic (exact) mass is 131 g/mol. The van der Waals surface area contributed by atoms with Gasteiger partial charge in [-0.15, -0.1) is 0 Å². The van der Waals surface area contributed by atoms with Crippen molar-refractivity contribution in [3.63, 3.8) is 0 Å². The maximum Gasteiger partial charge on any atom is 0.0455 e. The van der Waals surface area contributed by atoms with E-state index >= 15 is 0 Å². The average Bonchev–Trinajstić information content (AvgIpc) is 2.33. The highest BCUT2D eigenvalue weighted by molar-refractivity contribution is 5.62. The molecule has 0 spiro atoms. The smallest absolute Gasteiger partial charge is 0.0455 e. The molecule has 0 unspecified atom stereocenters. The van der Waals surface area contributed by atoms with E-state index in [9.17, 15) is 0 Å². The van der Waals surface area contributed by atoms with E-state index in [0.29, 0.717) is 0 Å². The van der Waals surface area contributed by atoms with Gasteiger partial charge in [0.05, 0.1) is 0 Å². The Kier molecular flexibility index (Phi) is 1.04. The van der Waals surface area contributed by atoms with E-state index in [1.165, 1.54) is 17.0 Å². The van der Waals surface area contributed by atoms with E-state index in [2.05, 4.69) is 42.2 Å². The van der Waals surface area contributed by atoms with Crippen LogP contribution in [0.2, 0.25) is 0 Å². The minimum Gasteiger partial charge on any atom is -0.359 e. The normalized spacial score (nSPS) is 10.5. The lowest BCUT2D eigenvalue weighted by Crippen LogP contribution is -1.82. The Morgan fingerprint density at radius 3 is 2.90 bits per heavy atom. The Bertz CT molecular complexity index is 309. The summed E-state index contributed by atoms with van der Waals surface area (Å²) in [5, 5.41) is 0. The van der Waals surface area contributed by atoms with Gasteiger partial charge >= 0.3 is 0 Å². The lowest BCUT2D eigenvalue weighted by atomic mass is 10.2. The Balaban J connectivity index is 2.75. The van der Waals surface area contributed by atoms with Crippen LogP contribution in [-0.4, -0.2) is 4.98 Å². The molecule has 1 nitrogen and oxygen atoms in total. The lowest BCUT2D eigenvalue weighted by Gasteiger charge is -1.99. The van der Waals surface area contributed by atoms with Crippen LogP contribution in [0.4, 0.5) is 0 Å². The van der Waals surface area contributed by atoms with Gasteiger partial charge in [0.15, 0.2) is 0 Å². The number of hydrogen-bond acceptors (Lipinski definition) is 0. The summed E-state index contributed by atoms with van der Waals surface area (Å²) in [7, 11) is 0. The third-order valence-electron chi connectivity index (χ3n) is 1.69. The Labute approximate surface area is 60.0 Å². The van der Waals surface area contributed by atoms with Crippen molar-refractivity contribution in [1.82, 2.24) is 4.98 Å². The molecular formula is C9H9N. The van der Waals surface area contributed by atoms with Crippen LogP contribution in [0, 0.1) is 6.92 Å². The van der Waals surface area contributed by atoms with Gasteiger partial charge in [0.25, 0.3) is 0 Å². The number of aromatic nitrogens is 1. The second-order valence-corrected chi connectivity index (χ2v) is 2.54. The number of rotatable bonds is 0. The summed E-state index contributed by atoms with van der Waals surface area (Å²) in [6, 6.07) is 10.5. The molecule has 2 rings (SSSR count). The van der Waals surface area contributed by atoms with Crippen molar-refractivity contribution in [2.45, 2.75) is 6.92 Å². The molecule has 0 saturated heterocycles. The van der Waals surface area contributed by atoms with Crippen molar-refractivity contribution < 1.29 is 0 Å². The van der Waals surface area contributed by atoms with Crippen molar-refractivity contribution in [3.8, 4) is 11.3 Å². The molecule has 1 aliphatic carbocycles. The van der Waals surface area contributed by atoms with Gasteiger partial charge in [-0.05, 0) is 24.6 Å². The molecule has 0 fully saturated rings. The average molecular weight is 131 g/mol. The summed E-state index contributed by atoms with van der Waals surface area (Å²) in [4.78, 5) is 3.27. The number of nitrogens with one attached hydrogen (secondary N) is 1. The van der Waals surface area contributed by atoms with Crippen molar-refractivity contribution in [3.05, 3.63) is 36.0 Å². The topological polar surface area (TPSA) is 15.8 Å². The van der Waals surface area contributed by atoms with Gasteiger partial charge in [-0.25, -0.2) is 0 Å². The Morgan fingerprint density at radius 1 is 1.10 bits per heavy atom. The fraction of sp³-hybridized carbons (Fsp3) is 0.111. The lowest BCUT2D eigenvalue weighted by molar-refractivity contribution is 1.21. The van der Waals surface area contributed by atoms with Crippen molar-refractivity contribution in [2.24, 2.45) is 0 Å². The minimum atomic E-state index is 1.21. The van der Waals surface area contributed by atoms with E-state index < -0.39 is 0 Å². The molecule has 2 aliphatic rings. The number of hydrogen-bond donors (Lipinski definition) is 1. The highest BCUT2D eigenvalue weighted by Gasteiger charge is 1.98. The van der Waals surface area contributed by atoms with E-state index in [0.717, 1.165) is 0 Å². The fourth-order valence-corrected chi connectivity index (χ4v) is 1.16. The van der Waals surface area contributed by atoms with Crippen LogP contribution in [-0.2, 0) is 0 Å². The maximum absolute atomic E-state index is 3.27. The fourth-order valence-electron chi connectivity index (χ4n) is 1.16. The van der Waals surface area contributed by atoms with Crippen LogP contribution < -0.4 is 0 Å². The maximum atomic E-state index is 3.27. The second kappa shape index (κ2) is 1.87. The van der Waals surface area contributed by atoms with Gasteiger partial charge in [0.1, 0.15) is 0 Å². The molecule has 50 valence electrons. The molecule has 1 aliphatic heterocycles.